The second kappa shape index (κ2) is 4.11. The summed E-state index contributed by atoms with van der Waals surface area (Å²) in [7, 11) is 0. The summed E-state index contributed by atoms with van der Waals surface area (Å²) in [5.74, 6) is 0. The molecule has 0 aliphatic heterocycles. The van der Waals surface area contributed by atoms with Crippen molar-refractivity contribution in [2.75, 3.05) is 0 Å². The minimum atomic E-state index is 0.304. The molecule has 1 aliphatic carbocycles. The fraction of sp³-hybridized carbons (Fsp3) is 0.400. The van der Waals surface area contributed by atoms with E-state index in [1.165, 1.54) is 5.56 Å². The third kappa shape index (κ3) is 1.90. The topological polar surface area (TPSA) is 12.9 Å². The Balaban J connectivity index is 2.30. The zero-order valence-corrected chi connectivity index (χ0v) is 12.1. The molecular weight excluding hydrogens is 265 g/mol. The molecule has 0 fully saturated rings. The summed E-state index contributed by atoms with van der Waals surface area (Å²) < 4.78 is 0. The van der Waals surface area contributed by atoms with Crippen molar-refractivity contribution in [2.24, 2.45) is 5.41 Å². The molecule has 94 valence electrons. The summed E-state index contributed by atoms with van der Waals surface area (Å²) in [5, 5.41) is 2.50. The average molecular weight is 280 g/mol. The van der Waals surface area contributed by atoms with E-state index in [2.05, 4.69) is 13.8 Å². The van der Waals surface area contributed by atoms with Gasteiger partial charge in [0, 0.05) is 11.1 Å². The number of halogens is 2. The van der Waals surface area contributed by atoms with Crippen LogP contribution in [0.1, 0.15) is 31.5 Å². The second-order valence-electron chi connectivity index (χ2n) is 5.83. The Morgan fingerprint density at radius 1 is 1.22 bits per heavy atom. The average Bonchev–Trinajstić information content (AvgIpc) is 2.29. The van der Waals surface area contributed by atoms with E-state index >= 15 is 0 Å². The van der Waals surface area contributed by atoms with Crippen LogP contribution in [-0.2, 0) is 12.8 Å². The number of hydrogen-bond donors (Lipinski definition) is 0. The van der Waals surface area contributed by atoms with Gasteiger partial charge in [-0.25, -0.2) is 0 Å². The quantitative estimate of drug-likeness (QED) is 0.657. The zero-order valence-electron chi connectivity index (χ0n) is 10.6. The zero-order chi connectivity index (χ0) is 12.9. The minimum Gasteiger partial charge on any atom is -0.251 e. The fourth-order valence-electron chi connectivity index (χ4n) is 2.70. The Morgan fingerprint density at radius 2 is 2.00 bits per heavy atom. The van der Waals surface area contributed by atoms with Crippen molar-refractivity contribution >= 4 is 34.1 Å². The van der Waals surface area contributed by atoms with Gasteiger partial charge in [0.25, 0.3) is 0 Å². The van der Waals surface area contributed by atoms with Gasteiger partial charge in [0.2, 0.25) is 0 Å². The van der Waals surface area contributed by atoms with Crippen LogP contribution in [0.5, 0.6) is 0 Å². The van der Waals surface area contributed by atoms with Crippen molar-refractivity contribution in [2.45, 2.75) is 33.1 Å². The van der Waals surface area contributed by atoms with E-state index in [0.29, 0.717) is 10.4 Å². The van der Waals surface area contributed by atoms with Crippen molar-refractivity contribution in [3.8, 4) is 0 Å². The number of benzene rings is 1. The predicted molar refractivity (Wildman–Crippen MR) is 77.6 cm³/mol. The standard InChI is InChI=1S/C15H15Cl2N/c1-15(2)7-6-9-12(8-15)18-14-10(13(9)17)4-3-5-11(14)16/h3-5H,6-8H2,1-2H3. The van der Waals surface area contributed by atoms with Gasteiger partial charge in [-0.1, -0.05) is 49.2 Å². The molecule has 0 saturated heterocycles. The van der Waals surface area contributed by atoms with Crippen molar-refractivity contribution < 1.29 is 0 Å². The maximum atomic E-state index is 6.53. The van der Waals surface area contributed by atoms with E-state index in [0.717, 1.165) is 40.9 Å². The lowest BCUT2D eigenvalue weighted by molar-refractivity contribution is 0.311. The molecule has 0 radical (unpaired) electrons. The first-order valence-electron chi connectivity index (χ1n) is 6.23. The van der Waals surface area contributed by atoms with Gasteiger partial charge in [-0.15, -0.1) is 0 Å². The van der Waals surface area contributed by atoms with Crippen LogP contribution in [0.2, 0.25) is 10.0 Å². The normalized spacial score (nSPS) is 17.8. The number of rotatable bonds is 0. The van der Waals surface area contributed by atoms with Crippen LogP contribution < -0.4 is 0 Å². The lowest BCUT2D eigenvalue weighted by Crippen LogP contribution is -2.23. The summed E-state index contributed by atoms with van der Waals surface area (Å²) in [6, 6.07) is 5.79. The van der Waals surface area contributed by atoms with Gasteiger partial charge in [0.05, 0.1) is 15.6 Å². The monoisotopic (exact) mass is 279 g/mol. The van der Waals surface area contributed by atoms with Crippen LogP contribution in [0.3, 0.4) is 0 Å². The Labute approximate surface area is 117 Å². The summed E-state index contributed by atoms with van der Waals surface area (Å²) in [4.78, 5) is 4.76. The maximum absolute atomic E-state index is 6.53. The fourth-order valence-corrected chi connectivity index (χ4v) is 3.28. The highest BCUT2D eigenvalue weighted by Gasteiger charge is 2.28. The summed E-state index contributed by atoms with van der Waals surface area (Å²) in [6.07, 6.45) is 3.15. The van der Waals surface area contributed by atoms with Gasteiger partial charge in [-0.3, -0.25) is 4.98 Å². The lowest BCUT2D eigenvalue weighted by atomic mass is 9.76. The van der Waals surface area contributed by atoms with Gasteiger partial charge in [-0.2, -0.15) is 0 Å². The van der Waals surface area contributed by atoms with Crippen LogP contribution in [0.15, 0.2) is 18.2 Å². The Kier molecular flexibility index (Phi) is 2.80. The van der Waals surface area contributed by atoms with E-state index in [-0.39, 0.29) is 0 Å². The van der Waals surface area contributed by atoms with Crippen LogP contribution in [0.4, 0.5) is 0 Å². The molecule has 0 N–H and O–H groups in total. The smallest absolute Gasteiger partial charge is 0.0906 e. The number of pyridine rings is 1. The molecule has 3 rings (SSSR count). The first-order chi connectivity index (χ1) is 8.48. The van der Waals surface area contributed by atoms with Gasteiger partial charge in [0.15, 0.2) is 0 Å². The summed E-state index contributed by atoms with van der Waals surface area (Å²) >= 11 is 12.7. The van der Waals surface area contributed by atoms with Crippen molar-refractivity contribution in [3.05, 3.63) is 39.5 Å². The Hall–Kier alpha value is -0.790. The first kappa shape index (κ1) is 12.3. The van der Waals surface area contributed by atoms with Crippen LogP contribution in [0, 0.1) is 5.41 Å². The highest BCUT2D eigenvalue weighted by Crippen LogP contribution is 2.40. The van der Waals surface area contributed by atoms with Crippen molar-refractivity contribution in [1.82, 2.24) is 4.98 Å². The highest BCUT2D eigenvalue weighted by molar-refractivity contribution is 6.39. The number of hydrogen-bond acceptors (Lipinski definition) is 1. The SMILES string of the molecule is CC1(C)CCc2c(nc3c(Cl)cccc3c2Cl)C1. The van der Waals surface area contributed by atoms with Gasteiger partial charge < -0.3 is 0 Å². The Bertz CT molecular complexity index is 632. The number of nitrogens with zero attached hydrogens (tertiary/aromatic N) is 1. The molecule has 0 amide bonds. The largest absolute Gasteiger partial charge is 0.251 e. The van der Waals surface area contributed by atoms with E-state index in [1.807, 2.05) is 18.2 Å². The third-order valence-electron chi connectivity index (χ3n) is 3.78. The highest BCUT2D eigenvalue weighted by atomic mass is 35.5. The van der Waals surface area contributed by atoms with E-state index < -0.39 is 0 Å². The van der Waals surface area contributed by atoms with Crippen molar-refractivity contribution in [1.29, 1.82) is 0 Å². The molecule has 1 aliphatic rings. The molecular formula is C15H15Cl2N. The van der Waals surface area contributed by atoms with Crippen LogP contribution in [-0.4, -0.2) is 4.98 Å². The minimum absolute atomic E-state index is 0.304. The molecule has 0 atom stereocenters. The number of aromatic nitrogens is 1. The third-order valence-corrected chi connectivity index (χ3v) is 4.52. The van der Waals surface area contributed by atoms with Crippen LogP contribution in [0.25, 0.3) is 10.9 Å². The van der Waals surface area contributed by atoms with E-state index in [4.69, 9.17) is 28.2 Å². The molecule has 18 heavy (non-hydrogen) atoms. The maximum Gasteiger partial charge on any atom is 0.0906 e. The second-order valence-corrected chi connectivity index (χ2v) is 6.61. The molecule has 1 aromatic heterocycles. The molecule has 3 heteroatoms. The van der Waals surface area contributed by atoms with Crippen molar-refractivity contribution in [3.63, 3.8) is 0 Å². The predicted octanol–water partition coefficient (Wildman–Crippen LogP) is 5.06. The van der Waals surface area contributed by atoms with E-state index in [1.54, 1.807) is 0 Å². The number of para-hydroxylation sites is 1. The van der Waals surface area contributed by atoms with Gasteiger partial charge in [0.1, 0.15) is 0 Å². The molecule has 1 heterocycles. The molecule has 0 spiro atoms. The lowest BCUT2D eigenvalue weighted by Gasteiger charge is -2.31. The molecule has 0 unspecified atom stereocenters. The Morgan fingerprint density at radius 3 is 2.78 bits per heavy atom. The molecule has 0 bridgehead atoms. The molecule has 2 aromatic rings. The molecule has 0 saturated carbocycles. The number of fused-ring (bicyclic) bond motifs is 2. The summed E-state index contributed by atoms with van der Waals surface area (Å²) in [5.41, 5.74) is 3.47. The van der Waals surface area contributed by atoms with E-state index in [9.17, 15) is 0 Å². The van der Waals surface area contributed by atoms with Gasteiger partial charge >= 0.3 is 0 Å². The molecule has 1 nitrogen and oxygen atoms in total. The first-order valence-corrected chi connectivity index (χ1v) is 6.99. The summed E-state index contributed by atoms with van der Waals surface area (Å²) in [6.45, 7) is 4.56. The van der Waals surface area contributed by atoms with Gasteiger partial charge in [-0.05, 0) is 36.3 Å². The van der Waals surface area contributed by atoms with Crippen LogP contribution >= 0.6 is 23.2 Å². The molecule has 1 aromatic carbocycles.